The zero-order chi connectivity index (χ0) is 29.0. The van der Waals surface area contributed by atoms with Crippen molar-refractivity contribution in [3.8, 4) is 11.3 Å². The maximum absolute atomic E-state index is 13.9. The lowest BCUT2D eigenvalue weighted by molar-refractivity contribution is -0.136. The number of piperazine rings is 1. The summed E-state index contributed by atoms with van der Waals surface area (Å²) in [7, 11) is 0. The fourth-order valence-corrected chi connectivity index (χ4v) is 6.74. The molecule has 2 aliphatic heterocycles. The highest BCUT2D eigenvalue weighted by molar-refractivity contribution is 5.76. The number of amides is 2. The lowest BCUT2D eigenvalue weighted by atomic mass is 9.66. The molecule has 1 aliphatic carbocycles. The van der Waals surface area contributed by atoms with Gasteiger partial charge in [0.25, 0.3) is 5.56 Å². The molecule has 218 valence electrons. The van der Waals surface area contributed by atoms with Crippen molar-refractivity contribution in [2.75, 3.05) is 32.7 Å². The highest BCUT2D eigenvalue weighted by Crippen LogP contribution is 2.51. The van der Waals surface area contributed by atoms with E-state index in [9.17, 15) is 19.1 Å². The number of piperidine rings is 1. The number of carbonyl (C=O) groups is 1. The third-order valence-corrected chi connectivity index (χ3v) is 9.07. The summed E-state index contributed by atoms with van der Waals surface area (Å²) in [6.45, 7) is 9.10. The molecule has 0 bridgehead atoms. The van der Waals surface area contributed by atoms with E-state index in [-0.39, 0.29) is 24.2 Å². The molecule has 1 aromatic heterocycles. The minimum Gasteiger partial charge on any atom is -0.387 e. The zero-order valence-electron chi connectivity index (χ0n) is 23.8. The molecular weight excluding hydrogens is 521 g/mol. The predicted octanol–water partition coefficient (Wildman–Crippen LogP) is 4.13. The van der Waals surface area contributed by atoms with Gasteiger partial charge in [-0.05, 0) is 43.9 Å². The van der Waals surface area contributed by atoms with Crippen LogP contribution in [-0.2, 0) is 6.54 Å². The number of aromatic nitrogens is 2. The SMILES string of the molecule is C=C(/C=C\C=C/C)[C@@H]1CNCCN1C(=O)N1CC[C@@](O)(Cn2cnc(-c3cccc(F)c3)cc2=O)C2(CCCC2)C1. The first kappa shape index (κ1) is 29.0. The molecule has 2 atom stereocenters. The Hall–Kier alpha value is -3.56. The van der Waals surface area contributed by atoms with Gasteiger partial charge in [0.15, 0.2) is 0 Å². The van der Waals surface area contributed by atoms with E-state index in [0.717, 1.165) is 37.8 Å². The molecule has 0 radical (unpaired) electrons. The third kappa shape index (κ3) is 5.92. The topological polar surface area (TPSA) is 90.7 Å². The monoisotopic (exact) mass is 561 g/mol. The maximum atomic E-state index is 13.9. The fraction of sp³-hybridized carbons (Fsp3) is 0.469. The molecule has 3 aliphatic rings. The Labute approximate surface area is 240 Å². The van der Waals surface area contributed by atoms with Crippen LogP contribution in [0.1, 0.15) is 39.0 Å². The summed E-state index contributed by atoms with van der Waals surface area (Å²) >= 11 is 0. The minimum atomic E-state index is -1.16. The molecule has 8 nitrogen and oxygen atoms in total. The van der Waals surface area contributed by atoms with Crippen LogP contribution in [0, 0.1) is 11.2 Å². The summed E-state index contributed by atoms with van der Waals surface area (Å²) < 4.78 is 15.2. The molecule has 3 fully saturated rings. The van der Waals surface area contributed by atoms with E-state index < -0.39 is 16.8 Å². The molecule has 41 heavy (non-hydrogen) atoms. The lowest BCUT2D eigenvalue weighted by Crippen LogP contribution is -2.65. The van der Waals surface area contributed by atoms with Gasteiger partial charge in [0.05, 0.1) is 30.2 Å². The zero-order valence-corrected chi connectivity index (χ0v) is 23.8. The van der Waals surface area contributed by atoms with Crippen LogP contribution >= 0.6 is 0 Å². The number of likely N-dealkylation sites (tertiary alicyclic amines) is 1. The first-order chi connectivity index (χ1) is 19.7. The number of aliphatic hydroxyl groups is 1. The summed E-state index contributed by atoms with van der Waals surface area (Å²) in [4.78, 5) is 35.3. The molecule has 2 aromatic rings. The molecular formula is C32H40FN5O3. The van der Waals surface area contributed by atoms with Gasteiger partial charge in [-0.15, -0.1) is 0 Å². The number of rotatable bonds is 6. The van der Waals surface area contributed by atoms with Gasteiger partial charge in [0, 0.05) is 49.8 Å². The Kier molecular flexibility index (Phi) is 8.56. The van der Waals surface area contributed by atoms with Gasteiger partial charge in [-0.1, -0.05) is 55.9 Å². The Morgan fingerprint density at radius 2 is 2.02 bits per heavy atom. The van der Waals surface area contributed by atoms with Gasteiger partial charge >= 0.3 is 6.03 Å². The summed E-state index contributed by atoms with van der Waals surface area (Å²) in [6, 6.07) is 7.21. The Balaban J connectivity index is 1.34. The summed E-state index contributed by atoms with van der Waals surface area (Å²) in [5.74, 6) is -0.395. The van der Waals surface area contributed by atoms with Crippen LogP contribution in [0.15, 0.2) is 77.9 Å². The van der Waals surface area contributed by atoms with Gasteiger partial charge in [-0.2, -0.15) is 0 Å². The number of hydrogen-bond donors (Lipinski definition) is 2. The van der Waals surface area contributed by atoms with Crippen molar-refractivity contribution in [3.63, 3.8) is 0 Å². The number of nitrogens with zero attached hydrogens (tertiary/aromatic N) is 4. The molecule has 1 spiro atoms. The van der Waals surface area contributed by atoms with Crippen molar-refractivity contribution in [2.45, 2.75) is 57.2 Å². The van der Waals surface area contributed by atoms with Crippen LogP contribution < -0.4 is 10.9 Å². The van der Waals surface area contributed by atoms with E-state index in [4.69, 9.17) is 0 Å². The van der Waals surface area contributed by atoms with E-state index in [1.165, 1.54) is 29.1 Å². The van der Waals surface area contributed by atoms with Crippen LogP contribution in [0.4, 0.5) is 9.18 Å². The molecule has 1 aromatic carbocycles. The largest absolute Gasteiger partial charge is 0.387 e. The number of nitrogens with one attached hydrogen (secondary N) is 1. The summed E-state index contributed by atoms with van der Waals surface area (Å²) in [6.07, 6.45) is 13.1. The average Bonchev–Trinajstić information content (AvgIpc) is 3.45. The number of hydrogen-bond acceptors (Lipinski definition) is 5. The van der Waals surface area contributed by atoms with Crippen molar-refractivity contribution < 1.29 is 14.3 Å². The quantitative estimate of drug-likeness (QED) is 0.518. The van der Waals surface area contributed by atoms with Crippen LogP contribution in [0.2, 0.25) is 0 Å². The smallest absolute Gasteiger partial charge is 0.320 e. The first-order valence-corrected chi connectivity index (χ1v) is 14.5. The van der Waals surface area contributed by atoms with Gasteiger partial charge in [-0.25, -0.2) is 14.2 Å². The van der Waals surface area contributed by atoms with Gasteiger partial charge in [0.2, 0.25) is 0 Å². The number of benzene rings is 1. The molecule has 3 heterocycles. The minimum absolute atomic E-state index is 0.0244. The average molecular weight is 562 g/mol. The Bertz CT molecular complexity index is 1400. The van der Waals surface area contributed by atoms with Crippen molar-refractivity contribution >= 4 is 6.03 Å². The molecule has 2 N–H and O–H groups in total. The van der Waals surface area contributed by atoms with Crippen molar-refractivity contribution in [1.29, 1.82) is 0 Å². The molecule has 2 amide bonds. The van der Waals surface area contributed by atoms with Crippen molar-refractivity contribution in [1.82, 2.24) is 24.7 Å². The van der Waals surface area contributed by atoms with Gasteiger partial charge < -0.3 is 20.2 Å². The van der Waals surface area contributed by atoms with Crippen LogP contribution in [-0.4, -0.2) is 74.9 Å². The maximum Gasteiger partial charge on any atom is 0.320 e. The molecule has 5 rings (SSSR count). The van der Waals surface area contributed by atoms with Crippen LogP contribution in [0.3, 0.4) is 0 Å². The second-order valence-corrected chi connectivity index (χ2v) is 11.6. The molecule has 9 heteroatoms. The summed E-state index contributed by atoms with van der Waals surface area (Å²) in [5.41, 5.74) is -0.171. The number of allylic oxidation sites excluding steroid dienone is 3. The lowest BCUT2D eigenvalue weighted by Gasteiger charge is -2.53. The van der Waals surface area contributed by atoms with E-state index in [1.807, 2.05) is 41.0 Å². The number of urea groups is 1. The van der Waals surface area contributed by atoms with Gasteiger partial charge in [-0.3, -0.25) is 9.36 Å². The molecule has 1 saturated carbocycles. The number of halogens is 1. The third-order valence-electron chi connectivity index (χ3n) is 9.07. The highest BCUT2D eigenvalue weighted by atomic mass is 19.1. The molecule has 2 saturated heterocycles. The normalized spacial score (nSPS) is 24.5. The van der Waals surface area contributed by atoms with Crippen LogP contribution in [0.5, 0.6) is 0 Å². The Morgan fingerprint density at radius 3 is 2.76 bits per heavy atom. The second-order valence-electron chi connectivity index (χ2n) is 11.6. The second kappa shape index (κ2) is 12.1. The first-order valence-electron chi connectivity index (χ1n) is 14.5. The van der Waals surface area contributed by atoms with E-state index in [1.54, 1.807) is 12.1 Å². The van der Waals surface area contributed by atoms with Gasteiger partial charge in [0.1, 0.15) is 5.82 Å². The Morgan fingerprint density at radius 1 is 1.22 bits per heavy atom. The molecule has 0 unspecified atom stereocenters. The van der Waals surface area contributed by atoms with E-state index in [2.05, 4.69) is 16.9 Å². The van der Waals surface area contributed by atoms with Crippen molar-refractivity contribution in [3.05, 3.63) is 89.3 Å². The van der Waals surface area contributed by atoms with E-state index in [0.29, 0.717) is 43.9 Å². The fourth-order valence-electron chi connectivity index (χ4n) is 6.74. The summed E-state index contributed by atoms with van der Waals surface area (Å²) in [5, 5.41) is 15.5. The standard InChI is InChI=1S/C32H40FN5O3/c1-3-4-5-9-24(2)28-20-34-15-17-38(28)30(40)36-16-14-32(41,31(21-36)12-6-7-13-31)22-37-23-35-27(19-29(37)39)25-10-8-11-26(33)18-25/h3-5,8-11,18-19,23,28,34,41H,2,6-7,12-17,20-22H2,1H3/b4-3-,9-5-/t28-,32+/m0/s1. The van der Waals surface area contributed by atoms with Crippen LogP contribution in [0.25, 0.3) is 11.3 Å². The predicted molar refractivity (Wildman–Crippen MR) is 158 cm³/mol. The van der Waals surface area contributed by atoms with E-state index >= 15 is 0 Å². The highest BCUT2D eigenvalue weighted by Gasteiger charge is 2.56. The van der Waals surface area contributed by atoms with Crippen molar-refractivity contribution in [2.24, 2.45) is 5.41 Å². The number of carbonyl (C=O) groups excluding carboxylic acids is 1.